The molecular weight excluding hydrogens is 278 g/mol. The number of carbonyl (C=O) groups excluding carboxylic acids is 1. The van der Waals surface area contributed by atoms with Gasteiger partial charge in [0.25, 0.3) is 5.91 Å². The maximum Gasteiger partial charge on any atom is 0.349 e. The highest BCUT2D eigenvalue weighted by Gasteiger charge is 2.24. The molecule has 1 aromatic heterocycles. The third-order valence-corrected chi connectivity index (χ3v) is 4.56. The monoisotopic (exact) mass is 299 g/mol. The van der Waals surface area contributed by atoms with Crippen molar-refractivity contribution in [2.75, 3.05) is 7.05 Å². The zero-order chi connectivity index (χ0) is 15.5. The average molecular weight is 299 g/mol. The van der Waals surface area contributed by atoms with Gasteiger partial charge < -0.3 is 9.32 Å². The lowest BCUT2D eigenvalue weighted by Crippen LogP contribution is -2.38. The molecule has 0 spiro atoms. The van der Waals surface area contributed by atoms with Crippen LogP contribution in [0.1, 0.15) is 48.9 Å². The Bertz CT molecular complexity index is 726. The molecule has 0 saturated heterocycles. The van der Waals surface area contributed by atoms with Gasteiger partial charge in [0.1, 0.15) is 11.1 Å². The highest BCUT2D eigenvalue weighted by atomic mass is 16.4. The molecule has 1 saturated carbocycles. The van der Waals surface area contributed by atoms with Crippen molar-refractivity contribution in [2.24, 2.45) is 0 Å². The second-order valence-corrected chi connectivity index (χ2v) is 6.05. The SMILES string of the molecule is CN(C(=O)c1cc2ccccc2oc1=O)C1CCCCCC1. The number of carbonyl (C=O) groups is 1. The van der Waals surface area contributed by atoms with Crippen LogP contribution in [0.4, 0.5) is 0 Å². The highest BCUT2D eigenvalue weighted by molar-refractivity contribution is 5.96. The molecule has 0 radical (unpaired) electrons. The van der Waals surface area contributed by atoms with Crippen molar-refractivity contribution in [1.82, 2.24) is 4.90 Å². The van der Waals surface area contributed by atoms with Gasteiger partial charge in [-0.15, -0.1) is 0 Å². The minimum atomic E-state index is -0.552. The molecule has 0 atom stereocenters. The first kappa shape index (κ1) is 14.8. The summed E-state index contributed by atoms with van der Waals surface area (Å²) in [7, 11) is 1.80. The molecule has 0 N–H and O–H groups in total. The molecule has 0 aliphatic heterocycles. The topological polar surface area (TPSA) is 50.5 Å². The molecule has 3 rings (SSSR count). The van der Waals surface area contributed by atoms with Gasteiger partial charge in [-0.2, -0.15) is 0 Å². The summed E-state index contributed by atoms with van der Waals surface area (Å²) in [6.07, 6.45) is 6.79. The van der Waals surface area contributed by atoms with E-state index >= 15 is 0 Å². The summed E-state index contributed by atoms with van der Waals surface area (Å²) in [4.78, 5) is 26.5. The predicted octanol–water partition coefficient (Wildman–Crippen LogP) is 3.59. The Morgan fingerprint density at radius 1 is 1.14 bits per heavy atom. The first-order chi connectivity index (χ1) is 10.7. The summed E-state index contributed by atoms with van der Waals surface area (Å²) in [5.41, 5.74) is 0.0933. The Balaban J connectivity index is 1.90. The molecule has 1 aromatic carbocycles. The molecule has 4 nitrogen and oxygen atoms in total. The van der Waals surface area contributed by atoms with E-state index in [1.54, 1.807) is 24.1 Å². The van der Waals surface area contributed by atoms with Gasteiger partial charge in [-0.05, 0) is 25.0 Å². The first-order valence-electron chi connectivity index (χ1n) is 7.97. The summed E-state index contributed by atoms with van der Waals surface area (Å²) in [6.45, 7) is 0. The van der Waals surface area contributed by atoms with Crippen LogP contribution in [0.15, 0.2) is 39.5 Å². The third-order valence-electron chi connectivity index (χ3n) is 4.56. The van der Waals surface area contributed by atoms with Gasteiger partial charge in [0.2, 0.25) is 0 Å². The van der Waals surface area contributed by atoms with Crippen LogP contribution in [0.25, 0.3) is 11.0 Å². The summed E-state index contributed by atoms with van der Waals surface area (Å²) in [5, 5.41) is 0.778. The fraction of sp³-hybridized carbons (Fsp3) is 0.444. The molecule has 1 heterocycles. The minimum absolute atomic E-state index is 0.130. The molecule has 4 heteroatoms. The number of hydrogen-bond acceptors (Lipinski definition) is 3. The largest absolute Gasteiger partial charge is 0.422 e. The number of para-hydroxylation sites is 1. The van der Waals surface area contributed by atoms with Crippen molar-refractivity contribution in [3.8, 4) is 0 Å². The van der Waals surface area contributed by atoms with E-state index in [0.29, 0.717) is 5.58 Å². The molecule has 1 amide bonds. The Morgan fingerprint density at radius 2 is 1.82 bits per heavy atom. The molecule has 0 bridgehead atoms. The average Bonchev–Trinajstić information content (AvgIpc) is 2.82. The van der Waals surface area contributed by atoms with E-state index in [9.17, 15) is 9.59 Å². The summed E-state index contributed by atoms with van der Waals surface area (Å²) < 4.78 is 5.27. The molecule has 1 aliphatic carbocycles. The van der Waals surface area contributed by atoms with Gasteiger partial charge in [0.05, 0.1) is 0 Å². The number of benzene rings is 1. The quantitative estimate of drug-likeness (QED) is 0.629. The van der Waals surface area contributed by atoms with E-state index in [-0.39, 0.29) is 17.5 Å². The van der Waals surface area contributed by atoms with E-state index in [0.717, 1.165) is 31.1 Å². The highest BCUT2D eigenvalue weighted by Crippen LogP contribution is 2.22. The van der Waals surface area contributed by atoms with Gasteiger partial charge in [-0.3, -0.25) is 4.79 Å². The Morgan fingerprint density at radius 3 is 2.55 bits per heavy atom. The van der Waals surface area contributed by atoms with Crippen LogP contribution >= 0.6 is 0 Å². The van der Waals surface area contributed by atoms with Crippen LogP contribution in [0.5, 0.6) is 0 Å². The number of hydrogen-bond donors (Lipinski definition) is 0. The van der Waals surface area contributed by atoms with Crippen molar-refractivity contribution < 1.29 is 9.21 Å². The van der Waals surface area contributed by atoms with Crippen molar-refractivity contribution in [3.05, 3.63) is 46.3 Å². The van der Waals surface area contributed by atoms with Crippen LogP contribution in [-0.4, -0.2) is 23.9 Å². The smallest absolute Gasteiger partial charge is 0.349 e. The Hall–Kier alpha value is -2.10. The minimum Gasteiger partial charge on any atom is -0.422 e. The van der Waals surface area contributed by atoms with E-state index in [4.69, 9.17) is 4.42 Å². The third kappa shape index (κ3) is 2.91. The van der Waals surface area contributed by atoms with Gasteiger partial charge >= 0.3 is 5.63 Å². The lowest BCUT2D eigenvalue weighted by Gasteiger charge is -2.26. The Labute approximate surface area is 129 Å². The first-order valence-corrected chi connectivity index (χ1v) is 7.97. The van der Waals surface area contributed by atoms with E-state index in [1.807, 2.05) is 18.2 Å². The summed E-state index contributed by atoms with van der Waals surface area (Å²) >= 11 is 0. The number of rotatable bonds is 2. The van der Waals surface area contributed by atoms with Crippen LogP contribution in [0.2, 0.25) is 0 Å². The van der Waals surface area contributed by atoms with E-state index in [1.165, 1.54) is 12.8 Å². The van der Waals surface area contributed by atoms with Crippen LogP contribution in [0.3, 0.4) is 0 Å². The lowest BCUT2D eigenvalue weighted by atomic mass is 10.1. The van der Waals surface area contributed by atoms with Crippen LogP contribution in [0, 0.1) is 0 Å². The number of amides is 1. The molecule has 2 aromatic rings. The maximum atomic E-state index is 12.7. The van der Waals surface area contributed by atoms with Crippen LogP contribution in [-0.2, 0) is 0 Å². The number of nitrogens with zero attached hydrogens (tertiary/aromatic N) is 1. The zero-order valence-corrected chi connectivity index (χ0v) is 12.9. The fourth-order valence-corrected chi connectivity index (χ4v) is 3.21. The van der Waals surface area contributed by atoms with E-state index in [2.05, 4.69) is 0 Å². The molecule has 0 unspecified atom stereocenters. The molecular formula is C18H21NO3. The van der Waals surface area contributed by atoms with E-state index < -0.39 is 5.63 Å². The predicted molar refractivity (Wildman–Crippen MR) is 86.1 cm³/mol. The standard InChI is InChI=1S/C18H21NO3/c1-19(14-9-4-2-3-5-10-14)17(20)15-12-13-8-6-7-11-16(13)22-18(15)21/h6-8,11-12,14H,2-5,9-10H2,1H3. The zero-order valence-electron chi connectivity index (χ0n) is 12.9. The van der Waals surface area contributed by atoms with Crippen molar-refractivity contribution in [1.29, 1.82) is 0 Å². The van der Waals surface area contributed by atoms with Gasteiger partial charge in [0, 0.05) is 18.5 Å². The Kier molecular flexibility index (Phi) is 4.27. The molecule has 1 fully saturated rings. The van der Waals surface area contributed by atoms with Crippen molar-refractivity contribution in [2.45, 2.75) is 44.6 Å². The molecule has 22 heavy (non-hydrogen) atoms. The molecule has 116 valence electrons. The second kappa shape index (κ2) is 6.34. The summed E-state index contributed by atoms with van der Waals surface area (Å²) in [6, 6.07) is 9.13. The van der Waals surface area contributed by atoms with Gasteiger partial charge in [0.15, 0.2) is 0 Å². The second-order valence-electron chi connectivity index (χ2n) is 6.05. The van der Waals surface area contributed by atoms with Gasteiger partial charge in [-0.1, -0.05) is 43.9 Å². The van der Waals surface area contributed by atoms with Gasteiger partial charge in [-0.25, -0.2) is 4.79 Å². The fourth-order valence-electron chi connectivity index (χ4n) is 3.21. The number of fused-ring (bicyclic) bond motifs is 1. The normalized spacial score (nSPS) is 16.4. The maximum absolute atomic E-state index is 12.7. The van der Waals surface area contributed by atoms with Crippen molar-refractivity contribution in [3.63, 3.8) is 0 Å². The summed E-state index contributed by atoms with van der Waals surface area (Å²) in [5.74, 6) is -0.230. The van der Waals surface area contributed by atoms with Crippen LogP contribution < -0.4 is 5.63 Å². The van der Waals surface area contributed by atoms with Crippen molar-refractivity contribution >= 4 is 16.9 Å². The molecule has 1 aliphatic rings. The lowest BCUT2D eigenvalue weighted by molar-refractivity contribution is 0.0713.